The van der Waals surface area contributed by atoms with E-state index in [-0.39, 0.29) is 6.10 Å². The predicted octanol–water partition coefficient (Wildman–Crippen LogP) is -0.371. The van der Waals surface area contributed by atoms with Crippen molar-refractivity contribution in [1.82, 2.24) is 5.32 Å². The molecule has 0 saturated heterocycles. The molecule has 0 aromatic carbocycles. The van der Waals surface area contributed by atoms with E-state index in [4.69, 9.17) is 5.11 Å². The lowest BCUT2D eigenvalue weighted by atomic mass is 10.3. The highest BCUT2D eigenvalue weighted by Crippen LogP contribution is 1.94. The molecule has 0 rings (SSSR count). The summed E-state index contributed by atoms with van der Waals surface area (Å²) in [5, 5.41) is 11.3. The number of aliphatic hydroxyl groups excluding tert-OH is 1. The maximum Gasteiger partial charge on any atom is 0.511 e. The molecule has 1 unspecified atom stereocenters. The van der Waals surface area contributed by atoms with Crippen LogP contribution in [0.3, 0.4) is 0 Å². The Hall–Kier alpha value is -1.34. The van der Waals surface area contributed by atoms with Gasteiger partial charge in [0.2, 0.25) is 6.79 Å². The fourth-order valence-electron chi connectivity index (χ4n) is 0.746. The summed E-state index contributed by atoms with van der Waals surface area (Å²) in [6.45, 7) is 2.39. The van der Waals surface area contributed by atoms with Gasteiger partial charge in [-0.15, -0.1) is 0 Å². The van der Waals surface area contributed by atoms with Gasteiger partial charge in [-0.2, -0.15) is 0 Å². The average Bonchev–Trinajstić information content (AvgIpc) is 2.18. The predicted molar refractivity (Wildman–Crippen MR) is 53.6 cm³/mol. The zero-order valence-corrected chi connectivity index (χ0v) is 9.56. The lowest BCUT2D eigenvalue weighted by molar-refractivity contribution is -0.157. The molecule has 7 heteroatoms. The number of esters is 1. The summed E-state index contributed by atoms with van der Waals surface area (Å²) < 4.78 is 13.6. The number of ether oxygens (including phenoxy) is 3. The molecule has 0 aliphatic rings. The van der Waals surface area contributed by atoms with Gasteiger partial charge in [-0.3, -0.25) is 4.79 Å². The van der Waals surface area contributed by atoms with Crippen molar-refractivity contribution in [2.75, 3.05) is 20.4 Å². The van der Waals surface area contributed by atoms with Crippen molar-refractivity contribution < 1.29 is 28.9 Å². The summed E-state index contributed by atoms with van der Waals surface area (Å²) in [6.07, 6.45) is -1.21. The molecule has 0 aliphatic heterocycles. The fourth-order valence-corrected chi connectivity index (χ4v) is 0.746. The van der Waals surface area contributed by atoms with Crippen molar-refractivity contribution in [3.05, 3.63) is 0 Å². The molecule has 0 aliphatic carbocycles. The average molecular weight is 235 g/mol. The van der Waals surface area contributed by atoms with Gasteiger partial charge in [-0.25, -0.2) is 4.79 Å². The van der Waals surface area contributed by atoms with Crippen molar-refractivity contribution in [3.63, 3.8) is 0 Å². The minimum atomic E-state index is -0.909. The van der Waals surface area contributed by atoms with Crippen LogP contribution < -0.4 is 5.32 Å². The van der Waals surface area contributed by atoms with E-state index < -0.39 is 31.6 Å². The molecule has 0 aromatic heterocycles. The second-order valence-electron chi connectivity index (χ2n) is 3.17. The first kappa shape index (κ1) is 14.7. The smallest absolute Gasteiger partial charge is 0.431 e. The highest BCUT2D eigenvalue weighted by Gasteiger charge is 2.17. The van der Waals surface area contributed by atoms with E-state index in [1.165, 1.54) is 7.05 Å². The first-order chi connectivity index (χ1) is 7.51. The van der Waals surface area contributed by atoms with E-state index in [1.807, 2.05) is 0 Å². The lowest BCUT2D eigenvalue weighted by Gasteiger charge is -2.12. The molecule has 0 aromatic rings. The van der Waals surface area contributed by atoms with Crippen molar-refractivity contribution in [3.8, 4) is 0 Å². The third kappa shape index (κ3) is 6.20. The Morgan fingerprint density at radius 1 is 1.31 bits per heavy atom. The third-order valence-corrected chi connectivity index (χ3v) is 1.53. The summed E-state index contributed by atoms with van der Waals surface area (Å²) in [5.41, 5.74) is 0. The van der Waals surface area contributed by atoms with E-state index in [0.29, 0.717) is 0 Å². The standard InChI is InChI=1S/C9H17NO6/c1-6(2)16-9(13)15-5-14-8(12)7(4-11)10-3/h6-7,10-11H,4-5H2,1-3H3. The highest BCUT2D eigenvalue weighted by atomic mass is 16.8. The van der Waals surface area contributed by atoms with Gasteiger partial charge >= 0.3 is 12.1 Å². The molecule has 16 heavy (non-hydrogen) atoms. The van der Waals surface area contributed by atoms with Crippen LogP contribution >= 0.6 is 0 Å². The number of carbonyl (C=O) groups excluding carboxylic acids is 2. The van der Waals surface area contributed by atoms with Gasteiger partial charge < -0.3 is 24.6 Å². The van der Waals surface area contributed by atoms with E-state index in [0.717, 1.165) is 0 Å². The number of hydrogen-bond donors (Lipinski definition) is 2. The zero-order chi connectivity index (χ0) is 12.6. The van der Waals surface area contributed by atoms with E-state index in [1.54, 1.807) is 13.8 Å². The van der Waals surface area contributed by atoms with Gasteiger partial charge in [-0.1, -0.05) is 0 Å². The molecule has 0 radical (unpaired) electrons. The van der Waals surface area contributed by atoms with Crippen LogP contribution in [0.5, 0.6) is 0 Å². The number of nitrogens with one attached hydrogen (secondary N) is 1. The molecule has 0 bridgehead atoms. The molecule has 0 fully saturated rings. The minimum absolute atomic E-state index is 0.300. The molecule has 0 spiro atoms. The Labute approximate surface area is 93.7 Å². The molecule has 1 atom stereocenters. The normalized spacial score (nSPS) is 12.1. The second-order valence-corrected chi connectivity index (χ2v) is 3.17. The topological polar surface area (TPSA) is 94.1 Å². The van der Waals surface area contributed by atoms with Gasteiger partial charge in [0.1, 0.15) is 6.04 Å². The second kappa shape index (κ2) is 7.89. The molecule has 7 nitrogen and oxygen atoms in total. The van der Waals surface area contributed by atoms with Gasteiger partial charge in [0.15, 0.2) is 0 Å². The Morgan fingerprint density at radius 3 is 2.38 bits per heavy atom. The molecule has 0 amide bonds. The number of hydrogen-bond acceptors (Lipinski definition) is 7. The van der Waals surface area contributed by atoms with Crippen molar-refractivity contribution in [2.24, 2.45) is 0 Å². The lowest BCUT2D eigenvalue weighted by Crippen LogP contribution is -2.39. The molecule has 2 N–H and O–H groups in total. The number of likely N-dealkylation sites (N-methyl/N-ethyl adjacent to an activating group) is 1. The quantitative estimate of drug-likeness (QED) is 0.479. The van der Waals surface area contributed by atoms with Crippen LogP contribution in [0.2, 0.25) is 0 Å². The van der Waals surface area contributed by atoms with Crippen molar-refractivity contribution in [2.45, 2.75) is 26.0 Å². The van der Waals surface area contributed by atoms with Crippen molar-refractivity contribution in [1.29, 1.82) is 0 Å². The maximum atomic E-state index is 11.1. The van der Waals surface area contributed by atoms with Gasteiger partial charge in [0.05, 0.1) is 12.7 Å². The summed E-state index contributed by atoms with van der Waals surface area (Å²) in [7, 11) is 1.50. The van der Waals surface area contributed by atoms with Crippen LogP contribution in [-0.2, 0) is 19.0 Å². The number of rotatable bonds is 6. The van der Waals surface area contributed by atoms with Crippen LogP contribution in [0.25, 0.3) is 0 Å². The molecular formula is C9H17NO6. The Balaban J connectivity index is 3.73. The highest BCUT2D eigenvalue weighted by molar-refractivity contribution is 5.75. The minimum Gasteiger partial charge on any atom is -0.431 e. The van der Waals surface area contributed by atoms with Gasteiger partial charge in [-0.05, 0) is 20.9 Å². The molecular weight excluding hydrogens is 218 g/mol. The Morgan fingerprint density at radius 2 is 1.94 bits per heavy atom. The number of carbonyl (C=O) groups is 2. The van der Waals surface area contributed by atoms with Gasteiger partial charge in [0, 0.05) is 0 Å². The van der Waals surface area contributed by atoms with Gasteiger partial charge in [0.25, 0.3) is 0 Å². The van der Waals surface area contributed by atoms with Crippen molar-refractivity contribution >= 4 is 12.1 Å². The molecule has 0 heterocycles. The van der Waals surface area contributed by atoms with Crippen LogP contribution in [-0.4, -0.2) is 49.8 Å². The Kier molecular flexibility index (Phi) is 7.23. The molecule has 0 saturated carbocycles. The summed E-state index contributed by atoms with van der Waals surface area (Å²) in [6, 6.07) is -0.829. The molecule has 94 valence electrons. The van der Waals surface area contributed by atoms with E-state index in [9.17, 15) is 9.59 Å². The number of aliphatic hydroxyl groups is 1. The zero-order valence-electron chi connectivity index (χ0n) is 9.56. The summed E-state index contributed by atoms with van der Waals surface area (Å²) in [5.74, 6) is -0.706. The monoisotopic (exact) mass is 235 g/mol. The first-order valence-electron chi connectivity index (χ1n) is 4.79. The first-order valence-corrected chi connectivity index (χ1v) is 4.79. The largest absolute Gasteiger partial charge is 0.511 e. The maximum absolute atomic E-state index is 11.1. The summed E-state index contributed by atoms with van der Waals surface area (Å²) in [4.78, 5) is 22.0. The van der Waals surface area contributed by atoms with Crippen LogP contribution in [0, 0.1) is 0 Å². The van der Waals surface area contributed by atoms with E-state index in [2.05, 4.69) is 19.5 Å². The summed E-state index contributed by atoms with van der Waals surface area (Å²) >= 11 is 0. The van der Waals surface area contributed by atoms with Crippen LogP contribution in [0.1, 0.15) is 13.8 Å². The third-order valence-electron chi connectivity index (χ3n) is 1.53. The van der Waals surface area contributed by atoms with Crippen LogP contribution in [0.15, 0.2) is 0 Å². The fraction of sp³-hybridized carbons (Fsp3) is 0.778. The van der Waals surface area contributed by atoms with E-state index >= 15 is 0 Å². The van der Waals surface area contributed by atoms with Crippen LogP contribution in [0.4, 0.5) is 4.79 Å². The SMILES string of the molecule is CNC(CO)C(=O)OCOC(=O)OC(C)C. The Bertz CT molecular complexity index is 226.